The van der Waals surface area contributed by atoms with Gasteiger partial charge in [0.25, 0.3) is 0 Å². The fourth-order valence-corrected chi connectivity index (χ4v) is 2.05. The molecule has 0 aliphatic heterocycles. The molecule has 0 aliphatic carbocycles. The van der Waals surface area contributed by atoms with Crippen LogP contribution < -0.4 is 11.1 Å². The first-order valence-corrected chi connectivity index (χ1v) is 6.73. The van der Waals surface area contributed by atoms with Gasteiger partial charge >= 0.3 is 5.97 Å². The second kappa shape index (κ2) is 6.75. The lowest BCUT2D eigenvalue weighted by molar-refractivity contribution is -0.144. The molecule has 0 radical (unpaired) electrons. The first kappa shape index (κ1) is 15.6. The molecule has 22 heavy (non-hydrogen) atoms. The Bertz CT molecular complexity index is 664. The van der Waals surface area contributed by atoms with Gasteiger partial charge < -0.3 is 20.4 Å². The van der Waals surface area contributed by atoms with Gasteiger partial charge in [-0.05, 0) is 24.3 Å². The number of esters is 1. The highest BCUT2D eigenvalue weighted by Gasteiger charge is 2.21. The molecule has 116 valence electrons. The zero-order chi connectivity index (χ0) is 16.1. The fraction of sp³-hybridized carbons (Fsp3) is 0.267. The van der Waals surface area contributed by atoms with Gasteiger partial charge in [0, 0.05) is 30.9 Å². The number of amides is 1. The molecule has 1 heterocycles. The van der Waals surface area contributed by atoms with E-state index in [2.05, 4.69) is 15.0 Å². The number of anilines is 1. The van der Waals surface area contributed by atoms with E-state index in [1.165, 1.54) is 14.0 Å². The van der Waals surface area contributed by atoms with Crippen molar-refractivity contribution in [1.29, 1.82) is 0 Å². The number of carbonyl (C=O) groups excluding carboxylic acids is 2. The molecule has 1 amide bonds. The Labute approximate surface area is 128 Å². The Morgan fingerprint density at radius 1 is 1.36 bits per heavy atom. The van der Waals surface area contributed by atoms with Gasteiger partial charge in [0.05, 0.1) is 19.1 Å². The minimum atomic E-state index is -0.753. The monoisotopic (exact) mass is 302 g/mol. The van der Waals surface area contributed by atoms with Crippen LogP contribution >= 0.6 is 0 Å². The van der Waals surface area contributed by atoms with E-state index >= 15 is 0 Å². The van der Waals surface area contributed by atoms with Crippen LogP contribution in [0.25, 0.3) is 5.69 Å². The molecular weight excluding hydrogens is 284 g/mol. The number of hydrogen-bond donors (Lipinski definition) is 2. The largest absolute Gasteiger partial charge is 0.467 e. The number of carbonyl (C=O) groups is 2. The molecule has 0 unspecified atom stereocenters. The maximum absolute atomic E-state index is 11.7. The molecule has 7 nitrogen and oxygen atoms in total. The third-order valence-corrected chi connectivity index (χ3v) is 3.10. The van der Waals surface area contributed by atoms with Gasteiger partial charge in [0.2, 0.25) is 5.91 Å². The molecule has 0 bridgehead atoms. The maximum Gasteiger partial charge on any atom is 0.328 e. The van der Waals surface area contributed by atoms with Crippen molar-refractivity contribution in [3.8, 4) is 5.69 Å². The van der Waals surface area contributed by atoms with Crippen LogP contribution in [0, 0.1) is 0 Å². The molecule has 2 rings (SSSR count). The summed E-state index contributed by atoms with van der Waals surface area (Å²) in [6, 6.07) is 6.57. The van der Waals surface area contributed by atoms with Crippen molar-refractivity contribution in [2.75, 3.05) is 12.8 Å². The average molecular weight is 302 g/mol. The fourth-order valence-electron chi connectivity index (χ4n) is 2.05. The summed E-state index contributed by atoms with van der Waals surface area (Å²) in [5, 5.41) is 2.56. The molecule has 3 N–H and O–H groups in total. The van der Waals surface area contributed by atoms with Gasteiger partial charge in [-0.25, -0.2) is 9.78 Å². The Kier molecular flexibility index (Phi) is 4.77. The van der Waals surface area contributed by atoms with Crippen molar-refractivity contribution in [2.45, 2.75) is 19.4 Å². The summed E-state index contributed by atoms with van der Waals surface area (Å²) >= 11 is 0. The number of nitrogens with one attached hydrogen (secondary N) is 1. The standard InChI is InChI=1S/C15H18N4O3/c1-10(20)18-14(15(21)22-2)7-12-8-19(9-17-12)13-5-3-11(16)4-6-13/h3-6,8-9,14H,7,16H2,1-2H3,(H,18,20)/t14-/m0/s1. The average Bonchev–Trinajstić information content (AvgIpc) is 2.94. The van der Waals surface area contributed by atoms with Crippen LogP contribution in [-0.2, 0) is 20.7 Å². The highest BCUT2D eigenvalue weighted by Crippen LogP contribution is 2.12. The van der Waals surface area contributed by atoms with E-state index in [1.807, 2.05) is 16.7 Å². The number of hydrogen-bond acceptors (Lipinski definition) is 5. The zero-order valence-corrected chi connectivity index (χ0v) is 12.4. The van der Waals surface area contributed by atoms with Crippen LogP contribution in [0.5, 0.6) is 0 Å². The van der Waals surface area contributed by atoms with Crippen molar-refractivity contribution in [1.82, 2.24) is 14.9 Å². The van der Waals surface area contributed by atoms with E-state index in [9.17, 15) is 9.59 Å². The molecule has 1 aromatic carbocycles. The highest BCUT2D eigenvalue weighted by molar-refractivity contribution is 5.83. The van der Waals surface area contributed by atoms with E-state index in [0.29, 0.717) is 11.4 Å². The van der Waals surface area contributed by atoms with Gasteiger partial charge in [-0.3, -0.25) is 4.79 Å². The minimum Gasteiger partial charge on any atom is -0.467 e. The van der Waals surface area contributed by atoms with Crippen LogP contribution in [0.15, 0.2) is 36.8 Å². The van der Waals surface area contributed by atoms with Gasteiger partial charge in [-0.2, -0.15) is 0 Å². The summed E-state index contributed by atoms with van der Waals surface area (Å²) < 4.78 is 6.50. The lowest BCUT2D eigenvalue weighted by Crippen LogP contribution is -2.42. The number of imidazole rings is 1. The molecule has 0 fully saturated rings. The van der Waals surface area contributed by atoms with Crippen molar-refractivity contribution < 1.29 is 14.3 Å². The van der Waals surface area contributed by atoms with Gasteiger partial charge in [0.1, 0.15) is 6.04 Å². The summed E-state index contributed by atoms with van der Waals surface area (Å²) in [5.41, 5.74) is 7.91. The Morgan fingerprint density at radius 2 is 2.05 bits per heavy atom. The number of nitrogens with zero attached hydrogens (tertiary/aromatic N) is 2. The normalized spacial score (nSPS) is 11.7. The van der Waals surface area contributed by atoms with Crippen molar-refractivity contribution in [3.05, 3.63) is 42.5 Å². The summed E-state index contributed by atoms with van der Waals surface area (Å²) in [6.45, 7) is 1.35. The van der Waals surface area contributed by atoms with Crippen LogP contribution in [0.1, 0.15) is 12.6 Å². The van der Waals surface area contributed by atoms with E-state index in [4.69, 9.17) is 5.73 Å². The van der Waals surface area contributed by atoms with E-state index in [1.54, 1.807) is 24.7 Å². The third kappa shape index (κ3) is 3.85. The van der Waals surface area contributed by atoms with Crippen LogP contribution in [0.2, 0.25) is 0 Å². The lowest BCUT2D eigenvalue weighted by atomic mass is 10.1. The van der Waals surface area contributed by atoms with Crippen LogP contribution in [0.3, 0.4) is 0 Å². The summed E-state index contributed by atoms with van der Waals surface area (Å²) in [7, 11) is 1.28. The Balaban J connectivity index is 2.14. The quantitative estimate of drug-likeness (QED) is 0.625. The number of benzene rings is 1. The molecular formula is C15H18N4O3. The van der Waals surface area contributed by atoms with Crippen molar-refractivity contribution in [2.24, 2.45) is 0 Å². The smallest absolute Gasteiger partial charge is 0.328 e. The van der Waals surface area contributed by atoms with Gasteiger partial charge in [-0.15, -0.1) is 0 Å². The van der Waals surface area contributed by atoms with Crippen LogP contribution in [0.4, 0.5) is 5.69 Å². The van der Waals surface area contributed by atoms with Crippen molar-refractivity contribution in [3.63, 3.8) is 0 Å². The topological polar surface area (TPSA) is 99.2 Å². The molecule has 1 aromatic heterocycles. The van der Waals surface area contributed by atoms with Gasteiger partial charge in [-0.1, -0.05) is 0 Å². The van der Waals surface area contributed by atoms with Gasteiger partial charge in [0.15, 0.2) is 0 Å². The summed E-state index contributed by atoms with van der Waals surface area (Å²) in [4.78, 5) is 27.1. The number of methoxy groups -OCH3 is 1. The van der Waals surface area contributed by atoms with E-state index < -0.39 is 12.0 Å². The number of aromatic nitrogens is 2. The number of ether oxygens (including phenoxy) is 1. The number of rotatable bonds is 5. The molecule has 0 saturated heterocycles. The predicted octanol–water partition coefficient (Wildman–Crippen LogP) is 0.675. The Hall–Kier alpha value is -2.83. The van der Waals surface area contributed by atoms with Crippen molar-refractivity contribution >= 4 is 17.6 Å². The van der Waals surface area contributed by atoms with E-state index in [0.717, 1.165) is 5.69 Å². The lowest BCUT2D eigenvalue weighted by Gasteiger charge is -2.13. The SMILES string of the molecule is COC(=O)[C@H](Cc1cn(-c2ccc(N)cc2)cn1)NC(C)=O. The molecule has 2 aromatic rings. The van der Waals surface area contributed by atoms with E-state index in [-0.39, 0.29) is 12.3 Å². The van der Waals surface area contributed by atoms with Crippen LogP contribution in [-0.4, -0.2) is 34.6 Å². The zero-order valence-electron chi connectivity index (χ0n) is 12.4. The molecule has 0 spiro atoms. The molecule has 1 atom stereocenters. The second-order valence-corrected chi connectivity index (χ2v) is 4.84. The molecule has 0 saturated carbocycles. The highest BCUT2D eigenvalue weighted by atomic mass is 16.5. The third-order valence-electron chi connectivity index (χ3n) is 3.10. The summed E-state index contributed by atoms with van der Waals surface area (Å²) in [5.74, 6) is -0.800. The molecule has 7 heteroatoms. The second-order valence-electron chi connectivity index (χ2n) is 4.84. The first-order valence-electron chi connectivity index (χ1n) is 6.73. The Morgan fingerprint density at radius 3 is 2.64 bits per heavy atom. The number of nitrogens with two attached hydrogens (primary N) is 1. The number of nitrogen functional groups attached to an aromatic ring is 1. The molecule has 0 aliphatic rings. The first-order chi connectivity index (χ1) is 10.5. The predicted molar refractivity (Wildman–Crippen MR) is 81.3 cm³/mol. The maximum atomic E-state index is 11.7. The minimum absolute atomic E-state index is 0.258. The summed E-state index contributed by atoms with van der Waals surface area (Å²) in [6.07, 6.45) is 3.69.